The molecule has 4 rings (SSSR count). The van der Waals surface area contributed by atoms with Crippen LogP contribution in [0.15, 0.2) is 60.9 Å². The molecule has 6 nitrogen and oxygen atoms in total. The van der Waals surface area contributed by atoms with E-state index in [2.05, 4.69) is 19.9 Å². The van der Waals surface area contributed by atoms with Gasteiger partial charge in [0, 0.05) is 18.0 Å². The first kappa shape index (κ1) is 17.6. The predicted octanol–water partition coefficient (Wildman–Crippen LogP) is 4.99. The zero-order chi connectivity index (χ0) is 19.5. The van der Waals surface area contributed by atoms with Gasteiger partial charge in [0.2, 0.25) is 0 Å². The van der Waals surface area contributed by atoms with Gasteiger partial charge in [-0.25, -0.2) is 19.3 Å². The van der Waals surface area contributed by atoms with Crippen molar-refractivity contribution in [3.05, 3.63) is 77.5 Å². The normalized spacial score (nSPS) is 10.5. The van der Waals surface area contributed by atoms with E-state index in [0.29, 0.717) is 17.0 Å². The maximum atomic E-state index is 14.2. The third kappa shape index (κ3) is 3.41. The van der Waals surface area contributed by atoms with E-state index in [-0.39, 0.29) is 28.1 Å². The number of halogens is 2. The van der Waals surface area contributed by atoms with Crippen LogP contribution in [-0.4, -0.2) is 19.9 Å². The van der Waals surface area contributed by atoms with E-state index in [1.165, 1.54) is 24.5 Å². The summed E-state index contributed by atoms with van der Waals surface area (Å²) in [7, 11) is 0. The lowest BCUT2D eigenvalue weighted by Gasteiger charge is -2.04. The minimum absolute atomic E-state index is 0.0784. The molecule has 0 bridgehead atoms. The standard InChI is InChI=1S/C20H11ClFN5O/c21-14-7-4-8-15(22)17(14)19-26-16(9-23)18(27-19)12-10-24-20(25-11-12)28-13-5-2-1-3-6-13/h1-8,10-11H,(H,26,27). The highest BCUT2D eigenvalue weighted by molar-refractivity contribution is 6.33. The first-order chi connectivity index (χ1) is 13.7. The topological polar surface area (TPSA) is 87.5 Å². The van der Waals surface area contributed by atoms with Crippen molar-refractivity contribution in [1.29, 1.82) is 5.26 Å². The molecular weight excluding hydrogens is 381 g/mol. The van der Waals surface area contributed by atoms with Crippen molar-refractivity contribution in [3.8, 4) is 40.5 Å². The maximum absolute atomic E-state index is 14.2. The number of hydrogen-bond donors (Lipinski definition) is 1. The van der Waals surface area contributed by atoms with Crippen molar-refractivity contribution in [2.75, 3.05) is 0 Å². The van der Waals surface area contributed by atoms with Crippen LogP contribution in [0.3, 0.4) is 0 Å². The third-order valence-corrected chi connectivity index (χ3v) is 4.19. The van der Waals surface area contributed by atoms with Gasteiger partial charge >= 0.3 is 6.01 Å². The van der Waals surface area contributed by atoms with Crippen LogP contribution in [-0.2, 0) is 0 Å². The summed E-state index contributed by atoms with van der Waals surface area (Å²) in [6.07, 6.45) is 2.98. The summed E-state index contributed by atoms with van der Waals surface area (Å²) in [5.41, 5.74) is 1.04. The van der Waals surface area contributed by atoms with E-state index < -0.39 is 5.82 Å². The number of aromatic amines is 1. The maximum Gasteiger partial charge on any atom is 0.321 e. The number of rotatable bonds is 4. The number of nitriles is 1. The number of benzene rings is 2. The molecule has 2 aromatic heterocycles. The Kier molecular flexibility index (Phi) is 4.70. The Hall–Kier alpha value is -3.76. The first-order valence-electron chi connectivity index (χ1n) is 8.15. The van der Waals surface area contributed by atoms with Crippen LogP contribution in [0.1, 0.15) is 5.69 Å². The fraction of sp³-hybridized carbons (Fsp3) is 0. The smallest absolute Gasteiger partial charge is 0.321 e. The summed E-state index contributed by atoms with van der Waals surface area (Å²) in [6, 6.07) is 15.6. The lowest BCUT2D eigenvalue weighted by molar-refractivity contribution is 0.442. The molecule has 8 heteroatoms. The Morgan fingerprint density at radius 1 is 1.04 bits per heavy atom. The minimum Gasteiger partial charge on any atom is -0.424 e. The summed E-state index contributed by atoms with van der Waals surface area (Å²) in [4.78, 5) is 15.4. The van der Waals surface area contributed by atoms with Gasteiger partial charge in [0.1, 0.15) is 23.5 Å². The highest BCUT2D eigenvalue weighted by Crippen LogP contribution is 2.31. The zero-order valence-corrected chi connectivity index (χ0v) is 15.0. The second-order valence-corrected chi connectivity index (χ2v) is 6.09. The highest BCUT2D eigenvalue weighted by atomic mass is 35.5. The largest absolute Gasteiger partial charge is 0.424 e. The molecule has 0 unspecified atom stereocenters. The summed E-state index contributed by atoms with van der Waals surface area (Å²) >= 11 is 6.09. The van der Waals surface area contributed by atoms with Crippen molar-refractivity contribution >= 4 is 11.6 Å². The Balaban J connectivity index is 1.68. The van der Waals surface area contributed by atoms with Gasteiger partial charge in [-0.2, -0.15) is 5.26 Å². The Morgan fingerprint density at radius 3 is 2.46 bits per heavy atom. The van der Waals surface area contributed by atoms with Gasteiger partial charge in [-0.05, 0) is 24.3 Å². The van der Waals surface area contributed by atoms with Crippen molar-refractivity contribution in [2.24, 2.45) is 0 Å². The van der Waals surface area contributed by atoms with Crippen LogP contribution in [0, 0.1) is 17.1 Å². The molecule has 0 aliphatic carbocycles. The van der Waals surface area contributed by atoms with E-state index in [9.17, 15) is 9.65 Å². The number of hydrogen-bond acceptors (Lipinski definition) is 5. The highest BCUT2D eigenvalue weighted by Gasteiger charge is 2.18. The molecular formula is C20H11ClFN5O. The average Bonchev–Trinajstić information content (AvgIpc) is 3.13. The SMILES string of the molecule is N#Cc1nc(-c2c(F)cccc2Cl)[nH]c1-c1cnc(Oc2ccccc2)nc1. The molecule has 0 aliphatic rings. The quantitative estimate of drug-likeness (QED) is 0.529. The summed E-state index contributed by atoms with van der Waals surface area (Å²) in [5, 5.41) is 9.59. The third-order valence-electron chi connectivity index (χ3n) is 3.88. The second-order valence-electron chi connectivity index (χ2n) is 5.69. The number of para-hydroxylation sites is 1. The summed E-state index contributed by atoms with van der Waals surface area (Å²) in [5.74, 6) is 0.213. The Morgan fingerprint density at radius 2 is 1.79 bits per heavy atom. The molecule has 1 N–H and O–H groups in total. The Labute approximate surface area is 164 Å². The second kappa shape index (κ2) is 7.47. The minimum atomic E-state index is -0.542. The van der Waals surface area contributed by atoms with Gasteiger partial charge in [0.15, 0.2) is 5.69 Å². The number of ether oxygens (including phenoxy) is 1. The number of imidazole rings is 1. The van der Waals surface area contributed by atoms with E-state index in [1.807, 2.05) is 24.3 Å². The van der Waals surface area contributed by atoms with Gasteiger partial charge in [-0.15, -0.1) is 0 Å². The molecule has 136 valence electrons. The molecule has 2 heterocycles. The van der Waals surface area contributed by atoms with Gasteiger partial charge in [-0.3, -0.25) is 0 Å². The number of nitrogens with zero attached hydrogens (tertiary/aromatic N) is 4. The Bertz CT molecular complexity index is 1150. The molecule has 0 saturated heterocycles. The van der Waals surface area contributed by atoms with Crippen molar-refractivity contribution < 1.29 is 9.13 Å². The van der Waals surface area contributed by atoms with E-state index in [4.69, 9.17) is 16.3 Å². The van der Waals surface area contributed by atoms with E-state index >= 15 is 0 Å². The molecule has 2 aromatic carbocycles. The summed E-state index contributed by atoms with van der Waals surface area (Å²) in [6.45, 7) is 0. The van der Waals surface area contributed by atoms with Crippen LogP contribution in [0.2, 0.25) is 5.02 Å². The average molecular weight is 392 g/mol. The van der Waals surface area contributed by atoms with Crippen molar-refractivity contribution in [1.82, 2.24) is 19.9 Å². The predicted molar refractivity (Wildman–Crippen MR) is 101 cm³/mol. The fourth-order valence-corrected chi connectivity index (χ4v) is 2.85. The molecule has 0 spiro atoms. The molecule has 0 saturated carbocycles. The van der Waals surface area contributed by atoms with Crippen LogP contribution in [0.5, 0.6) is 11.8 Å². The van der Waals surface area contributed by atoms with Crippen LogP contribution in [0.25, 0.3) is 22.6 Å². The van der Waals surface area contributed by atoms with E-state index in [0.717, 1.165) is 0 Å². The number of aromatic nitrogens is 4. The zero-order valence-electron chi connectivity index (χ0n) is 14.2. The van der Waals surface area contributed by atoms with Crippen LogP contribution in [0.4, 0.5) is 4.39 Å². The van der Waals surface area contributed by atoms with Crippen LogP contribution >= 0.6 is 11.6 Å². The number of nitrogens with one attached hydrogen (secondary N) is 1. The molecule has 0 amide bonds. The first-order valence-corrected chi connectivity index (χ1v) is 8.53. The van der Waals surface area contributed by atoms with Gasteiger partial charge < -0.3 is 9.72 Å². The van der Waals surface area contributed by atoms with Gasteiger partial charge in [0.05, 0.1) is 16.3 Å². The molecule has 28 heavy (non-hydrogen) atoms. The fourth-order valence-electron chi connectivity index (χ4n) is 2.60. The monoisotopic (exact) mass is 391 g/mol. The molecule has 0 aliphatic heterocycles. The molecule has 4 aromatic rings. The lowest BCUT2D eigenvalue weighted by atomic mass is 10.2. The van der Waals surface area contributed by atoms with E-state index in [1.54, 1.807) is 18.2 Å². The molecule has 0 fully saturated rings. The van der Waals surface area contributed by atoms with Gasteiger partial charge in [-0.1, -0.05) is 35.9 Å². The van der Waals surface area contributed by atoms with Crippen LogP contribution < -0.4 is 4.74 Å². The van der Waals surface area contributed by atoms with Crippen molar-refractivity contribution in [3.63, 3.8) is 0 Å². The summed E-state index contributed by atoms with van der Waals surface area (Å²) < 4.78 is 19.7. The lowest BCUT2D eigenvalue weighted by Crippen LogP contribution is -1.93. The van der Waals surface area contributed by atoms with Crippen molar-refractivity contribution in [2.45, 2.75) is 0 Å². The number of H-pyrrole nitrogens is 1. The van der Waals surface area contributed by atoms with Gasteiger partial charge in [0.25, 0.3) is 0 Å². The molecule has 0 atom stereocenters. The molecule has 0 radical (unpaired) electrons.